The minimum Gasteiger partial charge on any atom is -0.369 e. The number of carbonyl (C=O) groups is 1. The van der Waals surface area contributed by atoms with Gasteiger partial charge in [0.15, 0.2) is 0 Å². The SMILES string of the molecule is CC(C)CN1CCC(C(C)(C)C(N)=O)CC1. The molecule has 0 radical (unpaired) electrons. The highest BCUT2D eigenvalue weighted by atomic mass is 16.1. The van der Waals surface area contributed by atoms with Crippen molar-refractivity contribution in [3.63, 3.8) is 0 Å². The molecule has 1 rings (SSSR count). The number of likely N-dealkylation sites (tertiary alicyclic amines) is 1. The molecule has 0 aliphatic carbocycles. The van der Waals surface area contributed by atoms with Crippen LogP contribution in [0.15, 0.2) is 0 Å². The lowest BCUT2D eigenvalue weighted by Gasteiger charge is -2.39. The molecule has 0 aromatic carbocycles. The first-order chi connectivity index (χ1) is 7.34. The molecule has 0 aromatic heterocycles. The van der Waals surface area contributed by atoms with Crippen LogP contribution < -0.4 is 5.73 Å². The van der Waals surface area contributed by atoms with Crippen molar-refractivity contribution in [2.45, 2.75) is 40.5 Å². The number of nitrogens with zero attached hydrogens (tertiary/aromatic N) is 1. The van der Waals surface area contributed by atoms with Gasteiger partial charge in [0.25, 0.3) is 0 Å². The Morgan fingerprint density at radius 3 is 2.25 bits per heavy atom. The first-order valence-electron chi connectivity index (χ1n) is 6.36. The molecule has 1 fully saturated rings. The number of rotatable bonds is 4. The van der Waals surface area contributed by atoms with Crippen molar-refractivity contribution in [1.29, 1.82) is 0 Å². The number of hydrogen-bond donors (Lipinski definition) is 1. The Morgan fingerprint density at radius 2 is 1.88 bits per heavy atom. The van der Waals surface area contributed by atoms with Gasteiger partial charge < -0.3 is 10.6 Å². The van der Waals surface area contributed by atoms with Crippen LogP contribution in [0.1, 0.15) is 40.5 Å². The molecule has 2 N–H and O–H groups in total. The van der Waals surface area contributed by atoms with E-state index in [-0.39, 0.29) is 11.3 Å². The molecule has 3 nitrogen and oxygen atoms in total. The number of piperidine rings is 1. The van der Waals surface area contributed by atoms with Gasteiger partial charge in [0.2, 0.25) is 5.91 Å². The van der Waals surface area contributed by atoms with Gasteiger partial charge >= 0.3 is 0 Å². The number of nitrogens with two attached hydrogens (primary N) is 1. The second-order valence-electron chi connectivity index (χ2n) is 6.05. The Morgan fingerprint density at radius 1 is 1.38 bits per heavy atom. The summed E-state index contributed by atoms with van der Waals surface area (Å²) >= 11 is 0. The third-order valence-electron chi connectivity index (χ3n) is 3.87. The van der Waals surface area contributed by atoms with Crippen LogP contribution in [-0.4, -0.2) is 30.4 Å². The molecule has 1 aliphatic rings. The second kappa shape index (κ2) is 5.17. The summed E-state index contributed by atoms with van der Waals surface area (Å²) in [5, 5.41) is 0. The van der Waals surface area contributed by atoms with Crippen LogP contribution in [0.3, 0.4) is 0 Å². The minimum atomic E-state index is -0.343. The minimum absolute atomic E-state index is 0.158. The maximum absolute atomic E-state index is 11.4. The van der Waals surface area contributed by atoms with E-state index in [1.54, 1.807) is 0 Å². The molecule has 0 unspecified atom stereocenters. The van der Waals surface area contributed by atoms with Crippen LogP contribution in [0.5, 0.6) is 0 Å². The number of primary amides is 1. The highest BCUT2D eigenvalue weighted by molar-refractivity contribution is 5.80. The molecule has 0 aromatic rings. The van der Waals surface area contributed by atoms with Gasteiger partial charge in [-0.2, -0.15) is 0 Å². The van der Waals surface area contributed by atoms with Crippen LogP contribution >= 0.6 is 0 Å². The van der Waals surface area contributed by atoms with Crippen molar-refractivity contribution >= 4 is 5.91 Å². The molecule has 0 bridgehead atoms. The molecule has 16 heavy (non-hydrogen) atoms. The molecule has 0 saturated carbocycles. The molecule has 3 heteroatoms. The lowest BCUT2D eigenvalue weighted by atomic mass is 9.73. The standard InChI is InChI=1S/C13H26N2O/c1-10(2)9-15-7-5-11(6-8-15)13(3,4)12(14)16/h10-11H,5-9H2,1-4H3,(H2,14,16). The Bertz CT molecular complexity index is 240. The average molecular weight is 226 g/mol. The summed E-state index contributed by atoms with van der Waals surface area (Å²) < 4.78 is 0. The predicted molar refractivity (Wildman–Crippen MR) is 67.0 cm³/mol. The zero-order valence-corrected chi connectivity index (χ0v) is 11.1. The van der Waals surface area contributed by atoms with Crippen LogP contribution in [0, 0.1) is 17.3 Å². The van der Waals surface area contributed by atoms with Crippen LogP contribution in [-0.2, 0) is 4.79 Å². The molecular weight excluding hydrogens is 200 g/mol. The Kier molecular flexibility index (Phi) is 4.36. The summed E-state index contributed by atoms with van der Waals surface area (Å²) in [6.45, 7) is 11.9. The van der Waals surface area contributed by atoms with E-state index >= 15 is 0 Å². The van der Waals surface area contributed by atoms with Crippen molar-refractivity contribution in [2.75, 3.05) is 19.6 Å². The maximum atomic E-state index is 11.4. The average Bonchev–Trinajstić information content (AvgIpc) is 2.17. The second-order valence-corrected chi connectivity index (χ2v) is 6.05. The van der Waals surface area contributed by atoms with E-state index in [9.17, 15) is 4.79 Å². The van der Waals surface area contributed by atoms with E-state index in [1.807, 2.05) is 13.8 Å². The van der Waals surface area contributed by atoms with Gasteiger partial charge in [0, 0.05) is 12.0 Å². The van der Waals surface area contributed by atoms with Gasteiger partial charge in [-0.1, -0.05) is 27.7 Å². The maximum Gasteiger partial charge on any atom is 0.223 e. The van der Waals surface area contributed by atoms with Gasteiger partial charge in [-0.05, 0) is 37.8 Å². The van der Waals surface area contributed by atoms with E-state index in [0.29, 0.717) is 5.92 Å². The van der Waals surface area contributed by atoms with E-state index in [0.717, 1.165) is 31.8 Å². The van der Waals surface area contributed by atoms with Crippen LogP contribution in [0.2, 0.25) is 0 Å². The summed E-state index contributed by atoms with van der Waals surface area (Å²) in [7, 11) is 0. The molecule has 0 atom stereocenters. The van der Waals surface area contributed by atoms with Crippen molar-refractivity contribution < 1.29 is 4.79 Å². The molecule has 1 heterocycles. The molecule has 1 saturated heterocycles. The van der Waals surface area contributed by atoms with Gasteiger partial charge in [0.05, 0.1) is 0 Å². The number of hydrogen-bond acceptors (Lipinski definition) is 2. The largest absolute Gasteiger partial charge is 0.369 e. The van der Waals surface area contributed by atoms with Crippen molar-refractivity contribution in [1.82, 2.24) is 4.90 Å². The Balaban J connectivity index is 2.46. The summed E-state index contributed by atoms with van der Waals surface area (Å²) in [6, 6.07) is 0. The fourth-order valence-electron chi connectivity index (χ4n) is 2.55. The number of carbonyl (C=O) groups excluding carboxylic acids is 1. The Hall–Kier alpha value is -0.570. The highest BCUT2D eigenvalue weighted by Crippen LogP contribution is 2.34. The van der Waals surface area contributed by atoms with Gasteiger partial charge in [-0.3, -0.25) is 4.79 Å². The molecule has 1 amide bonds. The fourth-order valence-corrected chi connectivity index (χ4v) is 2.55. The first kappa shape index (κ1) is 13.5. The lowest BCUT2D eigenvalue weighted by molar-refractivity contribution is -0.129. The van der Waals surface area contributed by atoms with Gasteiger partial charge in [-0.15, -0.1) is 0 Å². The summed E-state index contributed by atoms with van der Waals surface area (Å²) in [6.07, 6.45) is 2.20. The van der Waals surface area contributed by atoms with Gasteiger partial charge in [-0.25, -0.2) is 0 Å². The van der Waals surface area contributed by atoms with E-state index in [4.69, 9.17) is 5.73 Å². The molecule has 1 aliphatic heterocycles. The van der Waals surface area contributed by atoms with E-state index in [2.05, 4.69) is 18.7 Å². The summed E-state index contributed by atoms with van der Waals surface area (Å²) in [5.41, 5.74) is 5.12. The third-order valence-corrected chi connectivity index (χ3v) is 3.87. The normalized spacial score (nSPS) is 20.3. The smallest absolute Gasteiger partial charge is 0.223 e. The van der Waals surface area contributed by atoms with Crippen molar-refractivity contribution in [3.05, 3.63) is 0 Å². The topological polar surface area (TPSA) is 46.3 Å². The van der Waals surface area contributed by atoms with Crippen molar-refractivity contribution in [3.8, 4) is 0 Å². The highest BCUT2D eigenvalue weighted by Gasteiger charge is 2.36. The molecule has 94 valence electrons. The molecule has 0 spiro atoms. The van der Waals surface area contributed by atoms with Crippen molar-refractivity contribution in [2.24, 2.45) is 23.0 Å². The van der Waals surface area contributed by atoms with E-state index in [1.165, 1.54) is 6.54 Å². The predicted octanol–water partition coefficient (Wildman–Crippen LogP) is 1.87. The lowest BCUT2D eigenvalue weighted by Crippen LogP contribution is -2.45. The first-order valence-corrected chi connectivity index (χ1v) is 6.36. The zero-order chi connectivity index (χ0) is 12.3. The summed E-state index contributed by atoms with van der Waals surface area (Å²) in [4.78, 5) is 13.9. The van der Waals surface area contributed by atoms with Gasteiger partial charge in [0.1, 0.15) is 0 Å². The molecular formula is C13H26N2O. The summed E-state index contributed by atoms with van der Waals surface area (Å²) in [5.74, 6) is 1.02. The quantitative estimate of drug-likeness (QED) is 0.795. The van der Waals surface area contributed by atoms with E-state index < -0.39 is 0 Å². The zero-order valence-electron chi connectivity index (χ0n) is 11.1. The van der Waals surface area contributed by atoms with Crippen LogP contribution in [0.4, 0.5) is 0 Å². The third kappa shape index (κ3) is 3.21. The Labute approximate surface area is 99.4 Å². The fraction of sp³-hybridized carbons (Fsp3) is 0.923. The number of amides is 1. The monoisotopic (exact) mass is 226 g/mol. The van der Waals surface area contributed by atoms with Crippen LogP contribution in [0.25, 0.3) is 0 Å².